The molecule has 1 aromatic rings. The van der Waals surface area contributed by atoms with E-state index in [0.717, 1.165) is 11.9 Å². The summed E-state index contributed by atoms with van der Waals surface area (Å²) in [7, 11) is -5.05. The van der Waals surface area contributed by atoms with Gasteiger partial charge in [0.25, 0.3) is 16.0 Å². The van der Waals surface area contributed by atoms with E-state index in [-0.39, 0.29) is 5.71 Å². The Morgan fingerprint density at radius 3 is 2.32 bits per heavy atom. The molecule has 0 aliphatic carbocycles. The molecule has 0 fully saturated rings. The lowest BCUT2D eigenvalue weighted by Crippen LogP contribution is -2.55. The number of carboxylic acids is 1. The average molecular weight is 326 g/mol. The second kappa shape index (κ2) is 5.18. The van der Waals surface area contributed by atoms with Crippen LogP contribution >= 0.6 is 0 Å². The van der Waals surface area contributed by atoms with Gasteiger partial charge in [-0.3, -0.25) is 14.1 Å². The number of carboxylic acid groups (broad SMARTS) is 1. The van der Waals surface area contributed by atoms with Crippen LogP contribution in [0.3, 0.4) is 0 Å². The summed E-state index contributed by atoms with van der Waals surface area (Å²) < 4.78 is 29.7. The predicted octanol–water partition coefficient (Wildman–Crippen LogP) is 0.756. The molecular weight excluding hydrogens is 312 g/mol. The minimum absolute atomic E-state index is 0.00335. The molecule has 0 aromatic heterocycles. The smallest absolute Gasteiger partial charge is 0.328 e. The van der Waals surface area contributed by atoms with Crippen LogP contribution in [-0.4, -0.2) is 40.4 Å². The second-order valence-electron chi connectivity index (χ2n) is 5.05. The number of nitrogens with zero attached hydrogens (tertiary/aromatic N) is 2. The third-order valence-corrected chi connectivity index (χ3v) is 5.13. The van der Waals surface area contributed by atoms with Crippen molar-refractivity contribution in [3.63, 3.8) is 0 Å². The van der Waals surface area contributed by atoms with E-state index in [1.54, 1.807) is 30.3 Å². The molecule has 0 spiro atoms. The molecule has 118 valence electrons. The number of para-hydroxylation sites is 1. The highest BCUT2D eigenvalue weighted by Gasteiger charge is 2.59. The van der Waals surface area contributed by atoms with E-state index in [2.05, 4.69) is 5.10 Å². The van der Waals surface area contributed by atoms with Gasteiger partial charge < -0.3 is 5.11 Å². The number of amides is 1. The SMILES string of the molecule is CC1=NN(c2ccccc2)C(=O)[C@@H]1[C@](C)(C(=O)O)S(=O)(=O)O. The molecule has 8 nitrogen and oxygen atoms in total. The highest BCUT2D eigenvalue weighted by Crippen LogP contribution is 2.35. The number of carbonyl (C=O) groups excluding carboxylic acids is 1. The Morgan fingerprint density at radius 1 is 1.32 bits per heavy atom. The number of anilines is 1. The molecule has 0 saturated carbocycles. The van der Waals surface area contributed by atoms with Crippen LogP contribution in [0.5, 0.6) is 0 Å². The standard InChI is InChI=1S/C13H14N2O6S/c1-8-10(13(2,12(17)18)22(19,20)21)11(16)15(14-8)9-6-4-3-5-7-9/h3-7,10H,1-2H3,(H,17,18)(H,19,20,21)/t10-,13-/m1/s1. The molecule has 0 unspecified atom stereocenters. The summed E-state index contributed by atoms with van der Waals surface area (Å²) in [5.74, 6) is -4.26. The van der Waals surface area contributed by atoms with Crippen LogP contribution in [-0.2, 0) is 19.7 Å². The average Bonchev–Trinajstić information content (AvgIpc) is 2.73. The van der Waals surface area contributed by atoms with Gasteiger partial charge in [0.1, 0.15) is 5.92 Å². The lowest BCUT2D eigenvalue weighted by Gasteiger charge is -2.27. The van der Waals surface area contributed by atoms with Crippen molar-refractivity contribution in [3.8, 4) is 0 Å². The Bertz CT molecular complexity index is 758. The normalized spacial score (nSPS) is 21.4. The van der Waals surface area contributed by atoms with Gasteiger partial charge in [0, 0.05) is 0 Å². The van der Waals surface area contributed by atoms with Gasteiger partial charge in [-0.1, -0.05) is 18.2 Å². The van der Waals surface area contributed by atoms with E-state index >= 15 is 0 Å². The molecule has 22 heavy (non-hydrogen) atoms. The summed E-state index contributed by atoms with van der Waals surface area (Å²) >= 11 is 0. The lowest BCUT2D eigenvalue weighted by molar-refractivity contribution is -0.142. The highest BCUT2D eigenvalue weighted by molar-refractivity contribution is 7.88. The number of benzene rings is 1. The van der Waals surface area contributed by atoms with Crippen molar-refractivity contribution < 1.29 is 27.7 Å². The van der Waals surface area contributed by atoms with Gasteiger partial charge in [0.05, 0.1) is 11.4 Å². The Labute approximate surface area is 126 Å². The lowest BCUT2D eigenvalue weighted by atomic mass is 9.89. The molecule has 1 aliphatic rings. The molecule has 0 radical (unpaired) electrons. The van der Waals surface area contributed by atoms with Gasteiger partial charge >= 0.3 is 5.97 Å². The first kappa shape index (κ1) is 16.1. The van der Waals surface area contributed by atoms with Crippen LogP contribution in [0.4, 0.5) is 5.69 Å². The zero-order valence-corrected chi connectivity index (χ0v) is 12.6. The summed E-state index contributed by atoms with van der Waals surface area (Å²) in [5.41, 5.74) is 0.369. The first-order valence-electron chi connectivity index (χ1n) is 6.25. The van der Waals surface area contributed by atoms with Gasteiger partial charge in [0.15, 0.2) is 0 Å². The van der Waals surface area contributed by atoms with E-state index in [0.29, 0.717) is 5.69 Å². The first-order valence-corrected chi connectivity index (χ1v) is 7.69. The van der Waals surface area contributed by atoms with Gasteiger partial charge in [-0.05, 0) is 26.0 Å². The zero-order valence-electron chi connectivity index (χ0n) is 11.8. The van der Waals surface area contributed by atoms with Crippen LogP contribution in [0.15, 0.2) is 35.4 Å². The van der Waals surface area contributed by atoms with Gasteiger partial charge in [-0.2, -0.15) is 13.5 Å². The molecule has 2 rings (SSSR count). The Balaban J connectivity index is 2.53. The number of rotatable bonds is 4. The third-order valence-electron chi connectivity index (χ3n) is 3.64. The Hall–Kier alpha value is -2.26. The highest BCUT2D eigenvalue weighted by atomic mass is 32.2. The van der Waals surface area contributed by atoms with Crippen molar-refractivity contribution in [3.05, 3.63) is 30.3 Å². The summed E-state index contributed by atoms with van der Waals surface area (Å²) in [6.45, 7) is 2.14. The zero-order chi connectivity index (χ0) is 16.7. The molecule has 0 saturated heterocycles. The van der Waals surface area contributed by atoms with Crippen molar-refractivity contribution in [1.29, 1.82) is 0 Å². The maximum Gasteiger partial charge on any atom is 0.328 e. The minimum Gasteiger partial charge on any atom is -0.480 e. The fraction of sp³-hybridized carbons (Fsp3) is 0.308. The molecular formula is C13H14N2O6S. The molecule has 2 atom stereocenters. The van der Waals surface area contributed by atoms with Crippen molar-refractivity contribution in [2.45, 2.75) is 18.6 Å². The van der Waals surface area contributed by atoms with E-state index in [1.807, 2.05) is 0 Å². The van der Waals surface area contributed by atoms with Gasteiger partial charge in [-0.25, -0.2) is 5.01 Å². The second-order valence-corrected chi connectivity index (χ2v) is 6.85. The number of carbonyl (C=O) groups is 2. The predicted molar refractivity (Wildman–Crippen MR) is 78.1 cm³/mol. The minimum atomic E-state index is -5.05. The van der Waals surface area contributed by atoms with Gasteiger partial charge in [0.2, 0.25) is 4.75 Å². The van der Waals surface area contributed by atoms with Crippen LogP contribution in [0.1, 0.15) is 13.8 Å². The van der Waals surface area contributed by atoms with Crippen molar-refractivity contribution in [2.24, 2.45) is 11.0 Å². The fourth-order valence-corrected chi connectivity index (χ4v) is 3.13. The summed E-state index contributed by atoms with van der Waals surface area (Å²) in [6, 6.07) is 8.17. The van der Waals surface area contributed by atoms with E-state index < -0.39 is 32.7 Å². The number of aliphatic carboxylic acids is 1. The number of hydrogen-bond donors (Lipinski definition) is 2. The Kier molecular flexibility index (Phi) is 3.80. The van der Waals surface area contributed by atoms with Crippen molar-refractivity contribution in [2.75, 3.05) is 5.01 Å². The molecule has 1 aromatic carbocycles. The first-order chi connectivity index (χ1) is 10.1. The summed E-state index contributed by atoms with van der Waals surface area (Å²) in [4.78, 5) is 23.9. The van der Waals surface area contributed by atoms with E-state index in [1.165, 1.54) is 6.92 Å². The fourth-order valence-electron chi connectivity index (χ4n) is 2.34. The number of hydrazone groups is 1. The largest absolute Gasteiger partial charge is 0.480 e. The molecule has 9 heteroatoms. The van der Waals surface area contributed by atoms with Crippen molar-refractivity contribution >= 4 is 33.4 Å². The van der Waals surface area contributed by atoms with Crippen LogP contribution < -0.4 is 5.01 Å². The molecule has 2 N–H and O–H groups in total. The molecule has 1 aliphatic heterocycles. The third kappa shape index (κ3) is 2.28. The van der Waals surface area contributed by atoms with Gasteiger partial charge in [-0.15, -0.1) is 0 Å². The quantitative estimate of drug-likeness (QED) is 0.787. The van der Waals surface area contributed by atoms with E-state index in [9.17, 15) is 27.7 Å². The summed E-state index contributed by atoms with van der Waals surface area (Å²) in [5, 5.41) is 14.1. The Morgan fingerprint density at radius 2 is 1.86 bits per heavy atom. The van der Waals surface area contributed by atoms with Crippen LogP contribution in [0.25, 0.3) is 0 Å². The molecule has 1 heterocycles. The van der Waals surface area contributed by atoms with Crippen molar-refractivity contribution in [1.82, 2.24) is 0 Å². The summed E-state index contributed by atoms with van der Waals surface area (Å²) in [6.07, 6.45) is 0. The topological polar surface area (TPSA) is 124 Å². The maximum atomic E-state index is 12.5. The number of hydrogen-bond acceptors (Lipinski definition) is 5. The molecule has 1 amide bonds. The maximum absolute atomic E-state index is 12.5. The molecule has 0 bridgehead atoms. The van der Waals surface area contributed by atoms with Crippen LogP contribution in [0.2, 0.25) is 0 Å². The monoisotopic (exact) mass is 326 g/mol. The van der Waals surface area contributed by atoms with E-state index in [4.69, 9.17) is 0 Å². The van der Waals surface area contributed by atoms with Crippen LogP contribution in [0, 0.1) is 5.92 Å².